The fourth-order valence-electron chi connectivity index (χ4n) is 6.80. The fraction of sp³-hybridized carbons (Fsp3) is 0.533. The van der Waals surface area contributed by atoms with Gasteiger partial charge in [-0.15, -0.1) is 0 Å². The van der Waals surface area contributed by atoms with Gasteiger partial charge < -0.3 is 0 Å². The van der Waals surface area contributed by atoms with Gasteiger partial charge in [0.1, 0.15) is 11.6 Å². The van der Waals surface area contributed by atoms with Crippen LogP contribution in [0.1, 0.15) is 106 Å². The molecule has 4 heteroatoms. The molecule has 0 amide bonds. The van der Waals surface area contributed by atoms with Crippen molar-refractivity contribution >= 4 is 5.57 Å². The molecular weight excluding hydrogens is 436 g/mol. The normalized spacial score (nSPS) is 26.4. The average molecular weight is 471 g/mol. The molecule has 2 aromatic rings. The van der Waals surface area contributed by atoms with Gasteiger partial charge in [-0.3, -0.25) is 0 Å². The summed E-state index contributed by atoms with van der Waals surface area (Å²) in [6.07, 6.45) is 14.8. The first-order valence-electron chi connectivity index (χ1n) is 13.1. The van der Waals surface area contributed by atoms with Crippen molar-refractivity contribution in [2.45, 2.75) is 88.9 Å². The molecule has 0 saturated heterocycles. The highest BCUT2D eigenvalue weighted by molar-refractivity contribution is 5.68. The van der Waals surface area contributed by atoms with Crippen molar-refractivity contribution in [1.82, 2.24) is 0 Å². The van der Waals surface area contributed by atoms with Crippen molar-refractivity contribution in [2.24, 2.45) is 11.8 Å². The number of hydrogen-bond donors (Lipinski definition) is 0. The van der Waals surface area contributed by atoms with Crippen LogP contribution in [0.25, 0.3) is 5.57 Å². The molecule has 2 aromatic carbocycles. The van der Waals surface area contributed by atoms with E-state index in [-0.39, 0.29) is 17.4 Å². The predicted octanol–water partition coefficient (Wildman–Crippen LogP) is 9.45. The Kier molecular flexibility index (Phi) is 7.13. The van der Waals surface area contributed by atoms with E-state index in [2.05, 4.69) is 0 Å². The van der Waals surface area contributed by atoms with Gasteiger partial charge in [0.2, 0.25) is 0 Å². The van der Waals surface area contributed by atoms with E-state index in [1.165, 1.54) is 51.0 Å². The van der Waals surface area contributed by atoms with Crippen LogP contribution in [0.2, 0.25) is 0 Å². The first-order chi connectivity index (χ1) is 16.5. The largest absolute Gasteiger partial charge is 0.206 e. The van der Waals surface area contributed by atoms with E-state index in [4.69, 9.17) is 0 Å². The first-order valence-corrected chi connectivity index (χ1v) is 13.1. The van der Waals surface area contributed by atoms with Crippen molar-refractivity contribution < 1.29 is 17.6 Å². The highest BCUT2D eigenvalue weighted by Gasteiger charge is 2.30. The highest BCUT2D eigenvalue weighted by atomic mass is 19.2. The van der Waals surface area contributed by atoms with Gasteiger partial charge in [-0.1, -0.05) is 44.2 Å². The van der Waals surface area contributed by atoms with Crippen LogP contribution in [0.3, 0.4) is 0 Å². The first kappa shape index (κ1) is 23.6. The van der Waals surface area contributed by atoms with E-state index < -0.39 is 23.3 Å². The summed E-state index contributed by atoms with van der Waals surface area (Å²) in [6.45, 7) is 0. The molecule has 34 heavy (non-hydrogen) atoms. The minimum absolute atomic E-state index is 0.0311. The smallest absolute Gasteiger partial charge is 0.159 e. The van der Waals surface area contributed by atoms with Crippen LogP contribution in [0.5, 0.6) is 0 Å². The minimum atomic E-state index is -0.859. The number of allylic oxidation sites excluding steroid dienone is 2. The van der Waals surface area contributed by atoms with Crippen molar-refractivity contribution in [3.63, 3.8) is 0 Å². The lowest BCUT2D eigenvalue weighted by molar-refractivity contribution is 0.186. The van der Waals surface area contributed by atoms with E-state index in [9.17, 15) is 8.78 Å². The number of hydrogen-bond acceptors (Lipinski definition) is 0. The summed E-state index contributed by atoms with van der Waals surface area (Å²) in [5.41, 5.74) is 2.30. The average Bonchev–Trinajstić information content (AvgIpc) is 2.86. The Morgan fingerprint density at radius 2 is 1.21 bits per heavy atom. The van der Waals surface area contributed by atoms with Crippen molar-refractivity contribution in [3.05, 3.63) is 76.4 Å². The van der Waals surface area contributed by atoms with Crippen LogP contribution in [0, 0.1) is 35.1 Å². The molecule has 2 fully saturated rings. The number of halogens is 4. The summed E-state index contributed by atoms with van der Waals surface area (Å²) in [7, 11) is 0. The Hall–Kier alpha value is -2.10. The summed E-state index contributed by atoms with van der Waals surface area (Å²) in [6, 6.07) is 7.10. The third-order valence-corrected chi connectivity index (χ3v) is 8.77. The van der Waals surface area contributed by atoms with Gasteiger partial charge in [-0.25, -0.2) is 17.6 Å². The van der Waals surface area contributed by atoms with Gasteiger partial charge in [-0.2, -0.15) is 0 Å². The van der Waals surface area contributed by atoms with Gasteiger partial charge >= 0.3 is 0 Å². The molecule has 2 saturated carbocycles. The predicted molar refractivity (Wildman–Crippen MR) is 129 cm³/mol. The molecule has 1 unspecified atom stereocenters. The van der Waals surface area contributed by atoms with Crippen molar-refractivity contribution in [1.29, 1.82) is 0 Å². The van der Waals surface area contributed by atoms with E-state index in [1.807, 2.05) is 6.08 Å². The van der Waals surface area contributed by atoms with Crippen LogP contribution in [-0.4, -0.2) is 0 Å². The topological polar surface area (TPSA) is 0 Å². The molecule has 0 spiro atoms. The SMILES string of the molecule is Fc1ccc(C2CC=C(c3c(F)cc(C4CCC(C5CCCCC5)CC4)cc3F)CC2)cc1F. The third kappa shape index (κ3) is 4.97. The van der Waals surface area contributed by atoms with E-state index in [0.29, 0.717) is 24.8 Å². The molecule has 0 radical (unpaired) electrons. The van der Waals surface area contributed by atoms with Gasteiger partial charge in [0.25, 0.3) is 0 Å². The maximum absolute atomic E-state index is 15.2. The Morgan fingerprint density at radius 3 is 1.82 bits per heavy atom. The number of benzene rings is 2. The van der Waals surface area contributed by atoms with Crippen LogP contribution in [0.15, 0.2) is 36.4 Å². The van der Waals surface area contributed by atoms with Gasteiger partial charge in [0, 0.05) is 5.56 Å². The maximum Gasteiger partial charge on any atom is 0.159 e. The second-order valence-corrected chi connectivity index (χ2v) is 10.7. The molecule has 3 aliphatic rings. The second kappa shape index (κ2) is 10.3. The lowest BCUT2D eigenvalue weighted by atomic mass is 9.70. The second-order valence-electron chi connectivity index (χ2n) is 10.7. The zero-order chi connectivity index (χ0) is 23.7. The molecule has 3 aliphatic carbocycles. The Bertz CT molecular complexity index is 1020. The molecule has 0 aliphatic heterocycles. The Labute approximate surface area is 200 Å². The van der Waals surface area contributed by atoms with Crippen molar-refractivity contribution in [2.75, 3.05) is 0 Å². The standard InChI is InChI=1S/C30H34F4/c31-26-15-14-24(16-27(26)32)21-10-12-23(13-11-21)30-28(33)17-25(18-29(30)34)22-8-6-20(7-9-22)19-4-2-1-3-5-19/h12,14-22H,1-11,13H2. The molecular formula is C30H34F4. The fourth-order valence-corrected chi connectivity index (χ4v) is 6.80. The molecule has 1 atom stereocenters. The quantitative estimate of drug-likeness (QED) is 0.390. The molecule has 182 valence electrons. The van der Waals surface area contributed by atoms with E-state index in [0.717, 1.165) is 41.9 Å². The Morgan fingerprint density at radius 1 is 0.559 bits per heavy atom. The molecule has 0 aromatic heterocycles. The summed E-state index contributed by atoms with van der Waals surface area (Å²) >= 11 is 0. The van der Waals surface area contributed by atoms with Crippen LogP contribution in [-0.2, 0) is 0 Å². The summed E-state index contributed by atoms with van der Waals surface area (Å²) in [5, 5.41) is 0. The highest BCUT2D eigenvalue weighted by Crippen LogP contribution is 2.44. The summed E-state index contributed by atoms with van der Waals surface area (Å²) in [4.78, 5) is 0. The monoisotopic (exact) mass is 470 g/mol. The lowest BCUT2D eigenvalue weighted by Crippen LogP contribution is -2.23. The van der Waals surface area contributed by atoms with Crippen molar-refractivity contribution in [3.8, 4) is 0 Å². The number of rotatable bonds is 4. The summed E-state index contributed by atoms with van der Waals surface area (Å²) < 4.78 is 57.2. The molecule has 0 heterocycles. The Balaban J connectivity index is 1.25. The molecule has 0 N–H and O–H groups in total. The van der Waals surface area contributed by atoms with Crippen LogP contribution < -0.4 is 0 Å². The molecule has 0 bridgehead atoms. The van der Waals surface area contributed by atoms with Gasteiger partial charge in [0.05, 0.1) is 0 Å². The van der Waals surface area contributed by atoms with E-state index >= 15 is 8.78 Å². The summed E-state index contributed by atoms with van der Waals surface area (Å²) in [5.74, 6) is -0.724. The third-order valence-electron chi connectivity index (χ3n) is 8.77. The molecule has 0 nitrogen and oxygen atoms in total. The lowest BCUT2D eigenvalue weighted by Gasteiger charge is -2.36. The maximum atomic E-state index is 15.2. The zero-order valence-corrected chi connectivity index (χ0v) is 19.8. The van der Waals surface area contributed by atoms with Crippen LogP contribution in [0.4, 0.5) is 17.6 Å². The minimum Gasteiger partial charge on any atom is -0.206 e. The van der Waals surface area contributed by atoms with E-state index in [1.54, 1.807) is 18.2 Å². The van der Waals surface area contributed by atoms with Gasteiger partial charge in [-0.05, 0) is 110 Å². The zero-order valence-electron chi connectivity index (χ0n) is 19.8. The van der Waals surface area contributed by atoms with Crippen LogP contribution >= 0.6 is 0 Å². The van der Waals surface area contributed by atoms with Gasteiger partial charge in [0.15, 0.2) is 11.6 Å². The molecule has 5 rings (SSSR count).